The molecular formula is C24H37N3O5. The van der Waals surface area contributed by atoms with E-state index in [1.54, 1.807) is 0 Å². The molecule has 2 N–H and O–H groups in total. The minimum absolute atomic E-state index is 0.0550. The third kappa shape index (κ3) is 6.59. The van der Waals surface area contributed by atoms with E-state index in [0.717, 1.165) is 49.1 Å². The van der Waals surface area contributed by atoms with Crippen molar-refractivity contribution in [1.29, 1.82) is 0 Å². The fraction of sp³-hybridized carbons (Fsp3) is 0.667. The summed E-state index contributed by atoms with van der Waals surface area (Å²) in [6, 6.07) is 6.43. The summed E-state index contributed by atoms with van der Waals surface area (Å²) in [4.78, 5) is 26.6. The van der Waals surface area contributed by atoms with Gasteiger partial charge in [-0.15, -0.1) is 0 Å². The van der Waals surface area contributed by atoms with Crippen LogP contribution in [0.2, 0.25) is 0 Å². The Bertz CT molecular complexity index is 775. The van der Waals surface area contributed by atoms with Gasteiger partial charge in [0.25, 0.3) is 5.91 Å². The molecule has 0 spiro atoms. The summed E-state index contributed by atoms with van der Waals surface area (Å²) in [5.41, 5.74) is 2.16. The van der Waals surface area contributed by atoms with Crippen molar-refractivity contribution in [3.05, 3.63) is 29.3 Å². The van der Waals surface area contributed by atoms with Gasteiger partial charge >= 0.3 is 6.09 Å². The van der Waals surface area contributed by atoms with Crippen molar-refractivity contribution in [2.45, 2.75) is 70.7 Å². The minimum atomic E-state index is -0.427. The second-order valence-electron chi connectivity index (χ2n) is 8.77. The molecule has 0 aromatic heterocycles. The topological polar surface area (TPSA) is 89.1 Å². The number of benzene rings is 1. The number of aryl methyl sites for hydroxylation is 1. The van der Waals surface area contributed by atoms with Gasteiger partial charge in [-0.3, -0.25) is 4.79 Å². The molecule has 0 bridgehead atoms. The van der Waals surface area contributed by atoms with Crippen LogP contribution >= 0.6 is 0 Å². The second-order valence-corrected chi connectivity index (χ2v) is 8.77. The van der Waals surface area contributed by atoms with E-state index in [1.165, 1.54) is 7.11 Å². The highest BCUT2D eigenvalue weighted by Crippen LogP contribution is 2.36. The van der Waals surface area contributed by atoms with Crippen molar-refractivity contribution in [2.24, 2.45) is 0 Å². The highest BCUT2D eigenvalue weighted by Gasteiger charge is 2.40. The van der Waals surface area contributed by atoms with Crippen LogP contribution in [0.5, 0.6) is 5.75 Å². The Morgan fingerprint density at radius 3 is 2.69 bits per heavy atom. The summed E-state index contributed by atoms with van der Waals surface area (Å²) < 4.78 is 16.4. The maximum atomic E-state index is 13.3. The summed E-state index contributed by atoms with van der Waals surface area (Å²) in [6.07, 6.45) is 2.80. The Hall–Kier alpha value is -2.32. The number of carbonyl (C=O) groups is 2. The van der Waals surface area contributed by atoms with Crippen LogP contribution in [0.25, 0.3) is 0 Å². The Labute approximate surface area is 191 Å². The zero-order valence-corrected chi connectivity index (χ0v) is 19.7. The molecule has 32 heavy (non-hydrogen) atoms. The minimum Gasteiger partial charge on any atom is -0.491 e. The molecule has 2 fully saturated rings. The highest BCUT2D eigenvalue weighted by molar-refractivity contribution is 5.82. The molecule has 8 nitrogen and oxygen atoms in total. The van der Waals surface area contributed by atoms with Crippen LogP contribution in [0, 0.1) is 0 Å². The molecule has 2 atom stereocenters. The van der Waals surface area contributed by atoms with E-state index in [1.807, 2.05) is 24.8 Å². The average Bonchev–Trinajstić information content (AvgIpc) is 3.62. The van der Waals surface area contributed by atoms with E-state index in [-0.39, 0.29) is 24.1 Å². The van der Waals surface area contributed by atoms with Crippen LogP contribution in [-0.2, 0) is 20.7 Å². The number of methoxy groups -OCH3 is 1. The van der Waals surface area contributed by atoms with Crippen molar-refractivity contribution < 1.29 is 23.8 Å². The first-order valence-corrected chi connectivity index (χ1v) is 11.7. The van der Waals surface area contributed by atoms with Crippen molar-refractivity contribution in [3.63, 3.8) is 0 Å². The summed E-state index contributed by atoms with van der Waals surface area (Å²) in [7, 11) is 1.36. The van der Waals surface area contributed by atoms with E-state index in [2.05, 4.69) is 34.4 Å². The molecule has 1 aliphatic carbocycles. The number of nitrogens with zero attached hydrogens (tertiary/aromatic N) is 1. The molecule has 1 saturated heterocycles. The summed E-state index contributed by atoms with van der Waals surface area (Å²) in [5.74, 6) is 0.914. The molecular weight excluding hydrogens is 410 g/mol. The predicted octanol–water partition coefficient (Wildman–Crippen LogP) is 2.80. The predicted molar refractivity (Wildman–Crippen MR) is 122 cm³/mol. The third-order valence-electron chi connectivity index (χ3n) is 5.82. The number of ether oxygens (including phenoxy) is 3. The Kier molecular flexibility index (Phi) is 8.75. The first-order chi connectivity index (χ1) is 15.4. The fourth-order valence-corrected chi connectivity index (χ4v) is 4.06. The normalized spacial score (nSPS) is 19.3. The molecule has 2 amide bonds. The highest BCUT2D eigenvalue weighted by atomic mass is 16.5. The van der Waals surface area contributed by atoms with Gasteiger partial charge in [0.2, 0.25) is 0 Å². The Morgan fingerprint density at radius 2 is 2.06 bits per heavy atom. The lowest BCUT2D eigenvalue weighted by molar-refractivity contribution is -0.148. The van der Waals surface area contributed by atoms with E-state index in [4.69, 9.17) is 9.47 Å². The zero-order chi connectivity index (χ0) is 23.1. The first kappa shape index (κ1) is 24.3. The van der Waals surface area contributed by atoms with Crippen LogP contribution in [0.4, 0.5) is 4.79 Å². The van der Waals surface area contributed by atoms with Gasteiger partial charge in [0.15, 0.2) is 0 Å². The smallest absolute Gasteiger partial charge is 0.406 e. The van der Waals surface area contributed by atoms with Crippen molar-refractivity contribution in [3.8, 4) is 5.75 Å². The van der Waals surface area contributed by atoms with Crippen LogP contribution in [-0.4, -0.2) is 68.5 Å². The monoisotopic (exact) mass is 447 g/mol. The summed E-state index contributed by atoms with van der Waals surface area (Å²) >= 11 is 0. The standard InChI is InChI=1S/C24H37N3O5/c1-16(2)32-21-10-7-18(14-19(21)6-5-11-26-24(29)30-4)17(3)27(20-8-9-20)23(28)22-15-25-12-13-31-22/h7,10,14,16-17,20,22,25H,5-6,8-9,11-13,15H2,1-4H3,(H,26,29)/t17-,22-/m1/s1. The Morgan fingerprint density at radius 1 is 1.28 bits per heavy atom. The lowest BCUT2D eigenvalue weighted by Gasteiger charge is -2.34. The summed E-state index contributed by atoms with van der Waals surface area (Å²) in [6.45, 7) is 8.53. The van der Waals surface area contributed by atoms with E-state index in [0.29, 0.717) is 19.7 Å². The van der Waals surface area contributed by atoms with Gasteiger partial charge in [0.05, 0.1) is 25.9 Å². The molecule has 1 heterocycles. The number of hydrogen-bond acceptors (Lipinski definition) is 6. The third-order valence-corrected chi connectivity index (χ3v) is 5.82. The van der Waals surface area contributed by atoms with Gasteiger partial charge < -0.3 is 29.7 Å². The van der Waals surface area contributed by atoms with Gasteiger partial charge in [0, 0.05) is 25.7 Å². The fourth-order valence-electron chi connectivity index (χ4n) is 4.06. The number of hydrogen-bond donors (Lipinski definition) is 2. The lowest BCUT2D eigenvalue weighted by atomic mass is 9.99. The summed E-state index contributed by atoms with van der Waals surface area (Å²) in [5, 5.41) is 5.97. The van der Waals surface area contributed by atoms with Crippen LogP contribution in [0.1, 0.15) is 57.2 Å². The van der Waals surface area contributed by atoms with Crippen LogP contribution < -0.4 is 15.4 Å². The number of morpholine rings is 1. The number of nitrogens with one attached hydrogen (secondary N) is 2. The average molecular weight is 448 g/mol. The van der Waals surface area contributed by atoms with Crippen LogP contribution in [0.3, 0.4) is 0 Å². The molecule has 2 aliphatic rings. The molecule has 1 aliphatic heterocycles. The maximum absolute atomic E-state index is 13.3. The molecule has 1 aromatic rings. The van der Waals surface area contributed by atoms with Crippen molar-refractivity contribution in [2.75, 3.05) is 33.4 Å². The first-order valence-electron chi connectivity index (χ1n) is 11.7. The SMILES string of the molecule is COC(=O)NCCCc1cc([C@@H](C)N(C(=O)[C@H]2CNCCO2)C2CC2)ccc1OC(C)C. The van der Waals surface area contributed by atoms with Gasteiger partial charge in [0.1, 0.15) is 11.9 Å². The maximum Gasteiger partial charge on any atom is 0.406 e. The largest absolute Gasteiger partial charge is 0.491 e. The van der Waals surface area contributed by atoms with Gasteiger partial charge in [-0.05, 0) is 63.6 Å². The van der Waals surface area contributed by atoms with Crippen molar-refractivity contribution >= 4 is 12.0 Å². The number of amides is 2. The van der Waals surface area contributed by atoms with Gasteiger partial charge in [-0.1, -0.05) is 12.1 Å². The molecule has 1 saturated carbocycles. The molecule has 0 unspecified atom stereocenters. The molecule has 0 radical (unpaired) electrons. The molecule has 1 aromatic carbocycles. The van der Waals surface area contributed by atoms with Crippen LogP contribution in [0.15, 0.2) is 18.2 Å². The van der Waals surface area contributed by atoms with Crippen molar-refractivity contribution in [1.82, 2.24) is 15.5 Å². The molecule has 8 heteroatoms. The van der Waals surface area contributed by atoms with E-state index in [9.17, 15) is 9.59 Å². The number of carbonyl (C=O) groups excluding carboxylic acids is 2. The molecule has 178 valence electrons. The van der Waals surface area contributed by atoms with E-state index >= 15 is 0 Å². The zero-order valence-electron chi connectivity index (χ0n) is 19.7. The second kappa shape index (κ2) is 11.5. The van der Waals surface area contributed by atoms with Gasteiger partial charge in [-0.2, -0.15) is 0 Å². The number of alkyl carbamates (subject to hydrolysis) is 1. The Balaban J connectivity index is 1.75. The quantitative estimate of drug-likeness (QED) is 0.536. The van der Waals surface area contributed by atoms with Gasteiger partial charge in [-0.25, -0.2) is 4.79 Å². The number of rotatable bonds is 10. The lowest BCUT2D eigenvalue weighted by Crippen LogP contribution is -2.50. The molecule has 3 rings (SSSR count). The van der Waals surface area contributed by atoms with E-state index < -0.39 is 12.2 Å².